The van der Waals surface area contributed by atoms with E-state index in [-0.39, 0.29) is 6.61 Å². The van der Waals surface area contributed by atoms with Crippen LogP contribution in [0.3, 0.4) is 0 Å². The molecule has 1 aromatic heterocycles. The lowest BCUT2D eigenvalue weighted by molar-refractivity contribution is -0.140. The van der Waals surface area contributed by atoms with Crippen LogP contribution in [0, 0.1) is 5.39 Å². The van der Waals surface area contributed by atoms with Gasteiger partial charge in [0, 0.05) is 13.1 Å². The highest BCUT2D eigenvalue weighted by Gasteiger charge is 2.29. The molecule has 0 atom stereocenters. The summed E-state index contributed by atoms with van der Waals surface area (Å²) in [4.78, 5) is 26.2. The Bertz CT molecular complexity index is 642. The Balaban J connectivity index is 2.80. The van der Waals surface area contributed by atoms with Crippen molar-refractivity contribution >= 4 is 12.1 Å². The van der Waals surface area contributed by atoms with Crippen LogP contribution < -0.4 is 0 Å². The van der Waals surface area contributed by atoms with Gasteiger partial charge in [-0.05, 0) is 32.9 Å². The van der Waals surface area contributed by atoms with E-state index in [4.69, 9.17) is 20.0 Å². The molecule has 0 saturated heterocycles. The molecule has 118 valence electrons. The quantitative estimate of drug-likeness (QED) is 0.398. The molecule has 0 aliphatic rings. The van der Waals surface area contributed by atoms with Crippen LogP contribution in [0.25, 0.3) is 4.98 Å². The molecular weight excluding hydrogens is 290 g/mol. The van der Waals surface area contributed by atoms with Crippen molar-refractivity contribution in [2.45, 2.75) is 39.9 Å². The predicted molar refractivity (Wildman–Crippen MR) is 76.3 cm³/mol. The Morgan fingerprint density at radius 3 is 2.55 bits per heavy atom. The fourth-order valence-electron chi connectivity index (χ4n) is 1.49. The van der Waals surface area contributed by atoms with E-state index >= 15 is 0 Å². The van der Waals surface area contributed by atoms with Gasteiger partial charge in [0.1, 0.15) is 12.2 Å². The summed E-state index contributed by atoms with van der Waals surface area (Å²) in [6, 6.07) is 3.17. The number of aliphatic hydroxyl groups is 1. The highest BCUT2D eigenvalue weighted by Crippen LogP contribution is 2.13. The van der Waals surface area contributed by atoms with Crippen molar-refractivity contribution in [2.24, 2.45) is 0 Å². The Morgan fingerprint density at radius 1 is 1.41 bits per heavy atom. The maximum atomic E-state index is 12.0. The van der Waals surface area contributed by atoms with E-state index in [0.29, 0.717) is 5.69 Å². The summed E-state index contributed by atoms with van der Waals surface area (Å²) >= 11 is 0. The minimum absolute atomic E-state index is 0.253. The molecule has 1 N–H and O–H groups in total. The van der Waals surface area contributed by atoms with Gasteiger partial charge >= 0.3 is 17.8 Å². The first-order chi connectivity index (χ1) is 10.2. The first-order valence-corrected chi connectivity index (χ1v) is 6.47. The van der Waals surface area contributed by atoms with E-state index < -0.39 is 29.1 Å². The molecule has 8 nitrogen and oxygen atoms in total. The van der Waals surface area contributed by atoms with E-state index in [9.17, 15) is 9.59 Å². The summed E-state index contributed by atoms with van der Waals surface area (Å²) in [5.41, 5.74) is -0.888. The molecule has 0 radical (unpaired) electrons. The second-order valence-corrected chi connectivity index (χ2v) is 5.46. The van der Waals surface area contributed by atoms with Gasteiger partial charge in [0.2, 0.25) is 5.39 Å². The van der Waals surface area contributed by atoms with Gasteiger partial charge in [-0.1, -0.05) is 0 Å². The zero-order valence-electron chi connectivity index (χ0n) is 12.9. The monoisotopic (exact) mass is 308 g/mol. The molecule has 0 unspecified atom stereocenters. The zero-order chi connectivity index (χ0) is 16.9. The van der Waals surface area contributed by atoms with Crippen LogP contribution in [0.1, 0.15) is 33.4 Å². The SMILES string of the molecule is C/C(O)=C(\[N+]#N)C(=O)OCc1cccn1C(=O)OC(C)(C)C. The van der Waals surface area contributed by atoms with E-state index in [0.717, 1.165) is 0 Å². The van der Waals surface area contributed by atoms with Crippen molar-refractivity contribution in [3.8, 4) is 0 Å². The summed E-state index contributed by atoms with van der Waals surface area (Å²) in [7, 11) is 0. The van der Waals surface area contributed by atoms with Crippen LogP contribution in [-0.4, -0.2) is 27.3 Å². The third-order valence-electron chi connectivity index (χ3n) is 2.41. The average Bonchev–Trinajstić information content (AvgIpc) is 2.83. The molecule has 1 aromatic rings. The second kappa shape index (κ2) is 6.76. The van der Waals surface area contributed by atoms with Crippen LogP contribution >= 0.6 is 0 Å². The average molecular weight is 308 g/mol. The van der Waals surface area contributed by atoms with Gasteiger partial charge in [0.25, 0.3) is 0 Å². The van der Waals surface area contributed by atoms with Gasteiger partial charge < -0.3 is 14.6 Å². The largest absolute Gasteiger partial charge is 0.505 e. The topological polar surface area (TPSA) is 106 Å². The lowest BCUT2D eigenvalue weighted by Crippen LogP contribution is -2.27. The first kappa shape index (κ1) is 17.2. The number of aliphatic hydroxyl groups excluding tert-OH is 1. The molecular formula is C14H18N3O5+. The second-order valence-electron chi connectivity index (χ2n) is 5.46. The molecule has 0 bridgehead atoms. The molecule has 0 saturated carbocycles. The van der Waals surface area contributed by atoms with Crippen LogP contribution in [-0.2, 0) is 20.9 Å². The van der Waals surface area contributed by atoms with E-state index in [1.54, 1.807) is 32.9 Å². The molecule has 0 aromatic carbocycles. The van der Waals surface area contributed by atoms with E-state index in [1.165, 1.54) is 17.7 Å². The highest BCUT2D eigenvalue weighted by atomic mass is 16.6. The van der Waals surface area contributed by atoms with Crippen LogP contribution in [0.5, 0.6) is 0 Å². The van der Waals surface area contributed by atoms with Crippen molar-refractivity contribution < 1.29 is 24.2 Å². The number of diazo groups is 1. The predicted octanol–water partition coefficient (Wildman–Crippen LogP) is 2.96. The van der Waals surface area contributed by atoms with E-state index in [1.807, 2.05) is 0 Å². The summed E-state index contributed by atoms with van der Waals surface area (Å²) in [5, 5.41) is 17.8. The lowest BCUT2D eigenvalue weighted by atomic mass is 10.2. The third-order valence-corrected chi connectivity index (χ3v) is 2.41. The molecule has 22 heavy (non-hydrogen) atoms. The van der Waals surface area contributed by atoms with Crippen molar-refractivity contribution in [3.05, 3.63) is 40.5 Å². The van der Waals surface area contributed by atoms with Gasteiger partial charge in [-0.25, -0.2) is 9.59 Å². The molecule has 0 amide bonds. The number of allylic oxidation sites excluding steroid dienone is 1. The number of hydrogen-bond acceptors (Lipinski definition) is 6. The number of esters is 1. The first-order valence-electron chi connectivity index (χ1n) is 6.47. The lowest BCUT2D eigenvalue weighted by Gasteiger charge is -2.20. The molecule has 0 aliphatic heterocycles. The molecule has 0 aliphatic carbocycles. The minimum atomic E-state index is -1.01. The van der Waals surface area contributed by atoms with Gasteiger partial charge in [0.15, 0.2) is 10.7 Å². The van der Waals surface area contributed by atoms with Crippen molar-refractivity contribution in [2.75, 3.05) is 0 Å². The summed E-state index contributed by atoms with van der Waals surface area (Å²) in [5.74, 6) is -1.49. The fraction of sp³-hybridized carbons (Fsp3) is 0.429. The summed E-state index contributed by atoms with van der Waals surface area (Å²) < 4.78 is 11.3. The number of carbonyl (C=O) groups excluding carboxylic acids is 2. The number of aromatic nitrogens is 1. The van der Waals surface area contributed by atoms with Gasteiger partial charge in [-0.15, -0.1) is 0 Å². The highest BCUT2D eigenvalue weighted by molar-refractivity contribution is 5.90. The number of rotatable bonds is 3. The minimum Gasteiger partial charge on any atom is -0.505 e. The van der Waals surface area contributed by atoms with Crippen LogP contribution in [0.2, 0.25) is 0 Å². The Hall–Kier alpha value is -2.82. The van der Waals surface area contributed by atoms with Gasteiger partial charge in [-0.2, -0.15) is 0 Å². The number of nitrogens with zero attached hydrogens (tertiary/aromatic N) is 3. The Morgan fingerprint density at radius 2 is 2.05 bits per heavy atom. The number of ether oxygens (including phenoxy) is 2. The van der Waals surface area contributed by atoms with E-state index in [2.05, 4.69) is 4.98 Å². The summed E-state index contributed by atoms with van der Waals surface area (Å²) in [6.45, 7) is 6.13. The summed E-state index contributed by atoms with van der Waals surface area (Å²) in [6.07, 6.45) is 0.867. The van der Waals surface area contributed by atoms with Gasteiger partial charge in [0.05, 0.1) is 5.69 Å². The molecule has 0 spiro atoms. The zero-order valence-corrected chi connectivity index (χ0v) is 12.9. The normalized spacial score (nSPS) is 12.1. The van der Waals surface area contributed by atoms with Crippen LogP contribution in [0.15, 0.2) is 29.8 Å². The van der Waals surface area contributed by atoms with Crippen LogP contribution in [0.4, 0.5) is 4.79 Å². The van der Waals surface area contributed by atoms with Gasteiger partial charge in [-0.3, -0.25) is 4.57 Å². The maximum absolute atomic E-state index is 12.0. The van der Waals surface area contributed by atoms with Crippen molar-refractivity contribution in [1.82, 2.24) is 4.57 Å². The standard InChI is InChI=1S/C14H17N3O5/c1-9(18)11(16-15)12(19)21-8-10-6-5-7-17(10)13(20)22-14(2,3)4/h5-7H,8H2,1-4H3/p+1. The number of carbonyl (C=O) groups is 2. The maximum Gasteiger partial charge on any atom is 0.504 e. The third kappa shape index (κ3) is 4.63. The Labute approximate surface area is 127 Å². The smallest absolute Gasteiger partial charge is 0.504 e. The molecule has 1 rings (SSSR count). The molecule has 0 fully saturated rings. The molecule has 1 heterocycles. The van der Waals surface area contributed by atoms with Crippen molar-refractivity contribution in [1.29, 1.82) is 5.39 Å². The fourth-order valence-corrected chi connectivity index (χ4v) is 1.49. The number of hydrogen-bond donors (Lipinski definition) is 1. The molecule has 8 heteroatoms. The van der Waals surface area contributed by atoms with Crippen molar-refractivity contribution in [3.63, 3.8) is 0 Å². The Kier molecular flexibility index (Phi) is 5.29.